The molecule has 1 fully saturated rings. The maximum atomic E-state index is 9.86. The Morgan fingerprint density at radius 3 is 2.45 bits per heavy atom. The normalized spacial score (nSPS) is 39.0. The largest absolute Gasteiger partial charge is 0.393 e. The van der Waals surface area contributed by atoms with E-state index in [9.17, 15) is 10.2 Å². The minimum absolute atomic E-state index is 0.169. The number of aliphatic hydroxyl groups is 2. The van der Waals surface area contributed by atoms with Gasteiger partial charge in [0.15, 0.2) is 0 Å². The average Bonchev–Trinajstić information content (AvgIpc) is 1.97. The third-order valence-corrected chi connectivity index (χ3v) is 3.12. The van der Waals surface area contributed by atoms with Gasteiger partial charge in [0.2, 0.25) is 0 Å². The van der Waals surface area contributed by atoms with Gasteiger partial charge in [0.25, 0.3) is 0 Å². The van der Waals surface area contributed by atoms with Crippen LogP contribution in [0.4, 0.5) is 0 Å². The van der Waals surface area contributed by atoms with Gasteiger partial charge >= 0.3 is 0 Å². The summed E-state index contributed by atoms with van der Waals surface area (Å²) in [6.45, 7) is 0. The number of thioether (sulfide) groups is 1. The molecule has 1 rings (SSSR count). The Kier molecular flexibility index (Phi) is 3.22. The van der Waals surface area contributed by atoms with Gasteiger partial charge in [0.1, 0.15) is 0 Å². The van der Waals surface area contributed by atoms with E-state index in [2.05, 4.69) is 0 Å². The van der Waals surface area contributed by atoms with Crippen molar-refractivity contribution in [3.63, 3.8) is 0 Å². The van der Waals surface area contributed by atoms with E-state index in [1.165, 1.54) is 0 Å². The van der Waals surface area contributed by atoms with E-state index in [1.54, 1.807) is 11.8 Å². The maximum absolute atomic E-state index is 9.86. The second-order valence-electron chi connectivity index (χ2n) is 3.39. The van der Waals surface area contributed by atoms with Gasteiger partial charge in [-0.05, 0) is 31.9 Å². The Hall–Kier alpha value is 0.270. The Morgan fingerprint density at radius 1 is 1.45 bits per heavy atom. The van der Waals surface area contributed by atoms with Gasteiger partial charge in [0.05, 0.1) is 11.7 Å². The van der Waals surface area contributed by atoms with Gasteiger partial charge in [-0.3, -0.25) is 0 Å². The topological polar surface area (TPSA) is 40.5 Å². The predicted octanol–water partition coefficient (Wildman–Crippen LogP) is 1.02. The summed E-state index contributed by atoms with van der Waals surface area (Å²) in [5, 5.41) is 19.0. The highest BCUT2D eigenvalue weighted by atomic mass is 32.2. The summed E-state index contributed by atoms with van der Waals surface area (Å²) < 4.78 is 0. The molecule has 0 spiro atoms. The van der Waals surface area contributed by atoms with Crippen LogP contribution in [-0.4, -0.2) is 33.9 Å². The van der Waals surface area contributed by atoms with Crippen molar-refractivity contribution in [2.75, 3.05) is 12.0 Å². The molecular formula is C8H16O2S. The highest BCUT2D eigenvalue weighted by molar-refractivity contribution is 7.98. The van der Waals surface area contributed by atoms with Crippen LogP contribution in [0, 0.1) is 0 Å². The smallest absolute Gasteiger partial charge is 0.0739 e. The SMILES string of the molecule is CSCC1(O)CCC(O)CC1. The first kappa shape index (κ1) is 9.36. The molecule has 1 saturated carbocycles. The van der Waals surface area contributed by atoms with Crippen LogP contribution >= 0.6 is 11.8 Å². The molecule has 0 aromatic carbocycles. The monoisotopic (exact) mass is 176 g/mol. The first-order valence-corrected chi connectivity index (χ1v) is 5.45. The van der Waals surface area contributed by atoms with E-state index >= 15 is 0 Å². The molecule has 0 aromatic heterocycles. The summed E-state index contributed by atoms with van der Waals surface area (Å²) in [5.74, 6) is 0.805. The fourth-order valence-corrected chi connectivity index (χ4v) is 2.38. The van der Waals surface area contributed by atoms with E-state index in [4.69, 9.17) is 0 Å². The molecule has 0 heterocycles. The van der Waals surface area contributed by atoms with Crippen molar-refractivity contribution in [2.45, 2.75) is 37.4 Å². The quantitative estimate of drug-likeness (QED) is 0.660. The number of hydrogen-bond donors (Lipinski definition) is 2. The molecule has 2 N–H and O–H groups in total. The third kappa shape index (κ3) is 2.65. The summed E-state index contributed by atoms with van der Waals surface area (Å²) in [7, 11) is 0. The average molecular weight is 176 g/mol. The molecule has 0 unspecified atom stereocenters. The van der Waals surface area contributed by atoms with Gasteiger partial charge in [-0.15, -0.1) is 0 Å². The standard InChI is InChI=1S/C8H16O2S/c1-11-6-8(10)4-2-7(9)3-5-8/h7,9-10H,2-6H2,1H3. The summed E-state index contributed by atoms with van der Waals surface area (Å²) in [6.07, 6.45) is 4.87. The minimum atomic E-state index is -0.487. The van der Waals surface area contributed by atoms with E-state index in [0.29, 0.717) is 0 Å². The van der Waals surface area contributed by atoms with Gasteiger partial charge in [0, 0.05) is 5.75 Å². The van der Waals surface area contributed by atoms with E-state index in [-0.39, 0.29) is 6.10 Å². The van der Waals surface area contributed by atoms with Crippen LogP contribution in [0.1, 0.15) is 25.7 Å². The maximum Gasteiger partial charge on any atom is 0.0739 e. The van der Waals surface area contributed by atoms with Crippen molar-refractivity contribution in [2.24, 2.45) is 0 Å². The zero-order valence-corrected chi connectivity index (χ0v) is 7.73. The van der Waals surface area contributed by atoms with Crippen LogP contribution < -0.4 is 0 Å². The second kappa shape index (κ2) is 3.78. The van der Waals surface area contributed by atoms with Crippen LogP contribution in [0.25, 0.3) is 0 Å². The highest BCUT2D eigenvalue weighted by Gasteiger charge is 2.31. The Balaban J connectivity index is 2.35. The molecule has 11 heavy (non-hydrogen) atoms. The van der Waals surface area contributed by atoms with Crippen LogP contribution in [-0.2, 0) is 0 Å². The molecule has 0 atom stereocenters. The lowest BCUT2D eigenvalue weighted by molar-refractivity contribution is -0.0138. The number of rotatable bonds is 2. The minimum Gasteiger partial charge on any atom is -0.393 e. The predicted molar refractivity (Wildman–Crippen MR) is 47.8 cm³/mol. The molecule has 2 nitrogen and oxygen atoms in total. The fourth-order valence-electron chi connectivity index (χ4n) is 1.55. The van der Waals surface area contributed by atoms with Gasteiger partial charge in [-0.2, -0.15) is 11.8 Å². The van der Waals surface area contributed by atoms with Crippen LogP contribution in [0.3, 0.4) is 0 Å². The second-order valence-corrected chi connectivity index (χ2v) is 4.25. The fraction of sp³-hybridized carbons (Fsp3) is 1.00. The van der Waals surface area contributed by atoms with Crippen molar-refractivity contribution in [3.8, 4) is 0 Å². The first-order valence-electron chi connectivity index (χ1n) is 4.06. The molecule has 1 aliphatic rings. The summed E-state index contributed by atoms with van der Waals surface area (Å²) in [5.41, 5.74) is -0.487. The molecule has 3 heteroatoms. The van der Waals surface area contributed by atoms with E-state index in [0.717, 1.165) is 31.4 Å². The molecule has 1 aliphatic carbocycles. The van der Waals surface area contributed by atoms with Gasteiger partial charge in [-0.1, -0.05) is 0 Å². The van der Waals surface area contributed by atoms with Crippen molar-refractivity contribution >= 4 is 11.8 Å². The van der Waals surface area contributed by atoms with E-state index in [1.807, 2.05) is 6.26 Å². The molecule has 0 amide bonds. The van der Waals surface area contributed by atoms with Crippen molar-refractivity contribution in [1.29, 1.82) is 0 Å². The molecule has 0 saturated heterocycles. The highest BCUT2D eigenvalue weighted by Crippen LogP contribution is 2.30. The molecule has 0 radical (unpaired) electrons. The molecule has 0 aliphatic heterocycles. The van der Waals surface area contributed by atoms with Gasteiger partial charge in [-0.25, -0.2) is 0 Å². The molecular weight excluding hydrogens is 160 g/mol. The summed E-state index contributed by atoms with van der Waals surface area (Å²) in [4.78, 5) is 0. The Labute approximate surface area is 72.0 Å². The lowest BCUT2D eigenvalue weighted by atomic mass is 9.85. The molecule has 66 valence electrons. The third-order valence-electron chi connectivity index (χ3n) is 2.30. The van der Waals surface area contributed by atoms with Crippen LogP contribution in [0.5, 0.6) is 0 Å². The van der Waals surface area contributed by atoms with Crippen molar-refractivity contribution in [3.05, 3.63) is 0 Å². The summed E-state index contributed by atoms with van der Waals surface area (Å²) in [6, 6.07) is 0. The van der Waals surface area contributed by atoms with E-state index < -0.39 is 5.60 Å². The van der Waals surface area contributed by atoms with Crippen LogP contribution in [0.15, 0.2) is 0 Å². The zero-order valence-electron chi connectivity index (χ0n) is 6.92. The van der Waals surface area contributed by atoms with Gasteiger partial charge < -0.3 is 10.2 Å². The Morgan fingerprint density at radius 2 is 2.00 bits per heavy atom. The lowest BCUT2D eigenvalue weighted by Crippen LogP contribution is -2.37. The lowest BCUT2D eigenvalue weighted by Gasteiger charge is -2.33. The first-order chi connectivity index (χ1) is 5.16. The van der Waals surface area contributed by atoms with Crippen LogP contribution in [0.2, 0.25) is 0 Å². The molecule has 0 bridgehead atoms. The zero-order chi connectivity index (χ0) is 8.32. The summed E-state index contributed by atoms with van der Waals surface area (Å²) >= 11 is 1.68. The molecule has 0 aromatic rings. The number of aliphatic hydroxyl groups excluding tert-OH is 1. The van der Waals surface area contributed by atoms with Crippen molar-refractivity contribution < 1.29 is 10.2 Å². The van der Waals surface area contributed by atoms with Crippen molar-refractivity contribution in [1.82, 2.24) is 0 Å². The number of hydrogen-bond acceptors (Lipinski definition) is 3. The Bertz CT molecular complexity index is 119.